The minimum atomic E-state index is -0.473. The van der Waals surface area contributed by atoms with E-state index in [0.29, 0.717) is 22.6 Å². The summed E-state index contributed by atoms with van der Waals surface area (Å²) in [6.45, 7) is 0. The number of aromatic nitrogens is 5. The van der Waals surface area contributed by atoms with Crippen molar-refractivity contribution in [3.63, 3.8) is 0 Å². The molecule has 0 saturated carbocycles. The molecule has 4 aromatic heterocycles. The third-order valence-electron chi connectivity index (χ3n) is 6.82. The molecule has 1 atom stereocenters. The Balaban J connectivity index is 1.40. The number of amides is 1. The second-order valence-electron chi connectivity index (χ2n) is 9.20. The van der Waals surface area contributed by atoms with Crippen LogP contribution in [-0.4, -0.2) is 35.4 Å². The van der Waals surface area contributed by atoms with E-state index in [1.165, 1.54) is 23.5 Å². The fraction of sp³-hybridized carbons (Fsp3) is 0.103. The van der Waals surface area contributed by atoms with Gasteiger partial charge in [-0.05, 0) is 42.0 Å². The van der Waals surface area contributed by atoms with Gasteiger partial charge in [0.2, 0.25) is 6.41 Å². The summed E-state index contributed by atoms with van der Waals surface area (Å²) >= 11 is 1.40. The van der Waals surface area contributed by atoms with Crippen LogP contribution in [0.3, 0.4) is 0 Å². The summed E-state index contributed by atoms with van der Waals surface area (Å²) in [6.07, 6.45) is 10.1. The fourth-order valence-electron chi connectivity index (χ4n) is 4.79. The number of nitro benzene ring substituents is 1. The first-order chi connectivity index (χ1) is 19.5. The SMILES string of the molecule is Cn1c(-c2ccc(-n3ccnc3)cc2)cnc1[C@H](Cc1ccccn1)N(C=O)c1cc2cc([N+](=O)[O-])ccc2s1. The van der Waals surface area contributed by atoms with E-state index in [0.717, 1.165) is 33.7 Å². The number of pyridine rings is 1. The van der Waals surface area contributed by atoms with E-state index in [1.54, 1.807) is 29.7 Å². The van der Waals surface area contributed by atoms with Gasteiger partial charge in [0.25, 0.3) is 5.69 Å². The second kappa shape index (κ2) is 10.5. The molecule has 0 aliphatic rings. The van der Waals surface area contributed by atoms with E-state index in [-0.39, 0.29) is 5.69 Å². The summed E-state index contributed by atoms with van der Waals surface area (Å²) in [7, 11) is 1.93. The van der Waals surface area contributed by atoms with Gasteiger partial charge in [-0.3, -0.25) is 24.8 Å². The molecule has 0 radical (unpaired) electrons. The van der Waals surface area contributed by atoms with Crippen molar-refractivity contribution < 1.29 is 9.72 Å². The van der Waals surface area contributed by atoms with E-state index in [9.17, 15) is 14.9 Å². The molecule has 0 aliphatic heterocycles. The molecular weight excluding hydrogens is 526 g/mol. The van der Waals surface area contributed by atoms with Crippen molar-refractivity contribution in [2.45, 2.75) is 12.5 Å². The number of non-ortho nitro benzene ring substituents is 1. The van der Waals surface area contributed by atoms with Gasteiger partial charge in [-0.2, -0.15) is 0 Å². The Morgan fingerprint density at radius 1 is 1.07 bits per heavy atom. The van der Waals surface area contributed by atoms with Gasteiger partial charge in [0.1, 0.15) is 11.9 Å². The third kappa shape index (κ3) is 4.74. The van der Waals surface area contributed by atoms with Gasteiger partial charge < -0.3 is 9.13 Å². The summed E-state index contributed by atoms with van der Waals surface area (Å²) in [6, 6.07) is 19.8. The lowest BCUT2D eigenvalue weighted by Gasteiger charge is -2.27. The number of carbonyl (C=O) groups excluding carboxylic acids is 1. The first-order valence-corrected chi connectivity index (χ1v) is 13.3. The molecule has 0 N–H and O–H groups in total. The molecule has 6 rings (SSSR count). The maximum atomic E-state index is 12.7. The first-order valence-electron chi connectivity index (χ1n) is 12.4. The number of carbonyl (C=O) groups is 1. The number of hydrogen-bond acceptors (Lipinski definition) is 7. The molecular formula is C29H23N7O3S. The largest absolute Gasteiger partial charge is 0.329 e. The maximum Gasteiger partial charge on any atom is 0.270 e. The van der Waals surface area contributed by atoms with Crippen molar-refractivity contribution in [1.29, 1.82) is 0 Å². The van der Waals surface area contributed by atoms with E-state index in [4.69, 9.17) is 4.98 Å². The normalized spacial score (nSPS) is 11.9. The maximum absolute atomic E-state index is 12.7. The van der Waals surface area contributed by atoms with Crippen LogP contribution in [0.5, 0.6) is 0 Å². The summed E-state index contributed by atoms with van der Waals surface area (Å²) < 4.78 is 4.78. The van der Waals surface area contributed by atoms with Crippen LogP contribution in [0.25, 0.3) is 27.0 Å². The van der Waals surface area contributed by atoms with Crippen molar-refractivity contribution in [1.82, 2.24) is 24.1 Å². The molecule has 0 fully saturated rings. The van der Waals surface area contributed by atoms with Crippen LogP contribution >= 0.6 is 11.3 Å². The van der Waals surface area contributed by atoms with E-state index >= 15 is 0 Å². The monoisotopic (exact) mass is 549 g/mol. The van der Waals surface area contributed by atoms with Crippen LogP contribution < -0.4 is 4.90 Å². The quantitative estimate of drug-likeness (QED) is 0.129. The van der Waals surface area contributed by atoms with Crippen LogP contribution in [0, 0.1) is 10.1 Å². The molecule has 6 aromatic rings. The number of imidazole rings is 2. The Morgan fingerprint density at radius 2 is 1.93 bits per heavy atom. The molecule has 0 bridgehead atoms. The molecule has 1 amide bonds. The summed E-state index contributed by atoms with van der Waals surface area (Å²) in [5, 5.41) is 12.7. The average Bonchev–Trinajstić information content (AvgIpc) is 3.73. The fourth-order valence-corrected chi connectivity index (χ4v) is 5.84. The number of fused-ring (bicyclic) bond motifs is 1. The second-order valence-corrected chi connectivity index (χ2v) is 10.3. The minimum absolute atomic E-state index is 0.00680. The number of nitro groups is 1. The molecule has 40 heavy (non-hydrogen) atoms. The van der Waals surface area contributed by atoms with Crippen molar-refractivity contribution >= 4 is 38.5 Å². The summed E-state index contributed by atoms with van der Waals surface area (Å²) in [5.41, 5.74) is 3.69. The number of hydrogen-bond donors (Lipinski definition) is 0. The van der Waals surface area contributed by atoms with Gasteiger partial charge >= 0.3 is 0 Å². The van der Waals surface area contributed by atoms with Gasteiger partial charge in [-0.25, -0.2) is 9.97 Å². The zero-order valence-corrected chi connectivity index (χ0v) is 22.2. The Bertz CT molecular complexity index is 1800. The standard InChI is InChI=1S/C29H23N7O3S/c1-33-26(20-5-7-23(8-6-20)34-13-12-30-18-34)17-32-29(33)25(16-22-4-2-3-11-31-22)35(19-37)28-15-21-14-24(36(38)39)9-10-27(21)40-28/h2-15,17-19,25H,16H2,1H3/t25-/m0/s1. The molecule has 2 aromatic carbocycles. The van der Waals surface area contributed by atoms with Gasteiger partial charge in [0, 0.05) is 65.7 Å². The Morgan fingerprint density at radius 3 is 2.62 bits per heavy atom. The average molecular weight is 550 g/mol. The third-order valence-corrected chi connectivity index (χ3v) is 7.95. The highest BCUT2D eigenvalue weighted by Crippen LogP contribution is 2.39. The lowest BCUT2D eigenvalue weighted by Crippen LogP contribution is -2.30. The first kappa shape index (κ1) is 25.1. The predicted octanol–water partition coefficient (Wildman–Crippen LogP) is 5.74. The molecule has 4 heterocycles. The lowest BCUT2D eigenvalue weighted by atomic mass is 10.1. The van der Waals surface area contributed by atoms with Gasteiger partial charge in [-0.15, -0.1) is 11.3 Å². The number of anilines is 1. The highest BCUT2D eigenvalue weighted by atomic mass is 32.1. The van der Waals surface area contributed by atoms with Crippen LogP contribution in [0.15, 0.2) is 97.8 Å². The van der Waals surface area contributed by atoms with Gasteiger partial charge in [-0.1, -0.05) is 18.2 Å². The number of nitrogens with zero attached hydrogens (tertiary/aromatic N) is 7. The van der Waals surface area contributed by atoms with Crippen LogP contribution in [-0.2, 0) is 18.3 Å². The highest BCUT2D eigenvalue weighted by molar-refractivity contribution is 7.23. The molecule has 0 spiro atoms. The smallest absolute Gasteiger partial charge is 0.270 e. The minimum Gasteiger partial charge on any atom is -0.329 e. The number of thiophene rings is 1. The van der Waals surface area contributed by atoms with Crippen molar-refractivity contribution in [2.24, 2.45) is 7.05 Å². The molecule has 11 heteroatoms. The summed E-state index contributed by atoms with van der Waals surface area (Å²) in [4.78, 5) is 38.6. The molecule has 0 aliphatic carbocycles. The van der Waals surface area contributed by atoms with Gasteiger partial charge in [0.15, 0.2) is 0 Å². The zero-order chi connectivity index (χ0) is 27.6. The van der Waals surface area contributed by atoms with E-state index < -0.39 is 11.0 Å². The molecule has 198 valence electrons. The topological polar surface area (TPSA) is 112 Å². The molecule has 0 saturated heterocycles. The zero-order valence-electron chi connectivity index (χ0n) is 21.4. The number of benzene rings is 2. The molecule has 0 unspecified atom stereocenters. The van der Waals surface area contributed by atoms with Crippen molar-refractivity contribution in [3.05, 3.63) is 119 Å². The van der Waals surface area contributed by atoms with Gasteiger partial charge in [0.05, 0.1) is 28.1 Å². The van der Waals surface area contributed by atoms with E-state index in [1.807, 2.05) is 77.1 Å². The van der Waals surface area contributed by atoms with Crippen LogP contribution in [0.4, 0.5) is 10.7 Å². The number of rotatable bonds is 9. The highest BCUT2D eigenvalue weighted by Gasteiger charge is 2.28. The Kier molecular flexibility index (Phi) is 6.62. The Labute approximate surface area is 233 Å². The predicted molar refractivity (Wildman–Crippen MR) is 153 cm³/mol. The van der Waals surface area contributed by atoms with Crippen molar-refractivity contribution in [3.8, 4) is 16.9 Å². The summed E-state index contributed by atoms with van der Waals surface area (Å²) in [5.74, 6) is 0.690. The van der Waals surface area contributed by atoms with Crippen molar-refractivity contribution in [2.75, 3.05) is 4.90 Å². The van der Waals surface area contributed by atoms with E-state index in [2.05, 4.69) is 9.97 Å². The Hall–Kier alpha value is -5.16. The van der Waals surface area contributed by atoms with Crippen LogP contribution in [0.1, 0.15) is 17.6 Å². The molecule has 10 nitrogen and oxygen atoms in total. The van der Waals surface area contributed by atoms with Crippen LogP contribution in [0.2, 0.25) is 0 Å². The lowest BCUT2D eigenvalue weighted by molar-refractivity contribution is -0.384.